The molecule has 0 aromatic carbocycles. The molecule has 0 atom stereocenters. The fourth-order valence-corrected chi connectivity index (χ4v) is 0.868. The van der Waals surface area contributed by atoms with Crippen molar-refractivity contribution in [3.63, 3.8) is 0 Å². The van der Waals surface area contributed by atoms with Crippen LogP contribution in [0.2, 0.25) is 0 Å². The first kappa shape index (κ1) is 10.5. The number of hydrogen-bond acceptors (Lipinski definition) is 4. The van der Waals surface area contributed by atoms with Gasteiger partial charge < -0.3 is 4.74 Å². The number of ether oxygens (including phenoxy) is 1. The minimum Gasteiger partial charge on any atom is -0.480 e. The third-order valence-electron chi connectivity index (χ3n) is 1.64. The predicted molar refractivity (Wildman–Crippen MR) is 50.4 cm³/mol. The Kier molecular flexibility index (Phi) is 3.47. The van der Waals surface area contributed by atoms with Gasteiger partial charge in [0, 0.05) is 6.04 Å². The normalized spacial score (nSPS) is 10.3. The van der Waals surface area contributed by atoms with E-state index in [2.05, 4.69) is 5.10 Å². The second-order valence-electron chi connectivity index (χ2n) is 3.11. The molecule has 14 heavy (non-hydrogen) atoms. The quantitative estimate of drug-likeness (QED) is 0.400. The maximum absolute atomic E-state index is 10.7. The molecule has 0 unspecified atom stereocenters. The van der Waals surface area contributed by atoms with Crippen molar-refractivity contribution in [3.05, 3.63) is 12.4 Å². The van der Waals surface area contributed by atoms with E-state index >= 15 is 0 Å². The van der Waals surface area contributed by atoms with Crippen LogP contribution in [0.15, 0.2) is 12.4 Å². The third-order valence-corrected chi connectivity index (χ3v) is 1.64. The molecule has 1 aromatic rings. The molecule has 6 nitrogen and oxygen atoms in total. The molecule has 1 heterocycles. The van der Waals surface area contributed by atoms with Crippen molar-refractivity contribution >= 4 is 5.91 Å². The lowest BCUT2D eigenvalue weighted by atomic mass is 10.4. The monoisotopic (exact) mass is 198 g/mol. The predicted octanol–water partition coefficient (Wildman–Crippen LogP) is -0.167. The first-order valence-electron chi connectivity index (χ1n) is 4.30. The van der Waals surface area contributed by atoms with E-state index in [9.17, 15) is 4.79 Å². The van der Waals surface area contributed by atoms with E-state index in [0.717, 1.165) is 0 Å². The van der Waals surface area contributed by atoms with Crippen LogP contribution >= 0.6 is 0 Å². The number of hydrazine groups is 1. The van der Waals surface area contributed by atoms with Gasteiger partial charge in [0.15, 0.2) is 12.4 Å². The molecule has 0 radical (unpaired) electrons. The van der Waals surface area contributed by atoms with E-state index in [0.29, 0.717) is 5.75 Å². The average molecular weight is 198 g/mol. The van der Waals surface area contributed by atoms with Crippen LogP contribution in [0.4, 0.5) is 0 Å². The summed E-state index contributed by atoms with van der Waals surface area (Å²) >= 11 is 0. The van der Waals surface area contributed by atoms with Crippen molar-refractivity contribution in [2.75, 3.05) is 6.61 Å². The van der Waals surface area contributed by atoms with Crippen molar-refractivity contribution in [2.24, 2.45) is 5.84 Å². The SMILES string of the molecule is CC(C)n1cc(OCC(=O)NN)cn1. The van der Waals surface area contributed by atoms with Crippen molar-refractivity contribution in [1.29, 1.82) is 0 Å². The summed E-state index contributed by atoms with van der Waals surface area (Å²) in [7, 11) is 0. The van der Waals surface area contributed by atoms with Gasteiger partial charge in [0.2, 0.25) is 0 Å². The fourth-order valence-electron chi connectivity index (χ4n) is 0.868. The summed E-state index contributed by atoms with van der Waals surface area (Å²) in [6.45, 7) is 3.91. The minimum absolute atomic E-state index is 0.0969. The van der Waals surface area contributed by atoms with Crippen molar-refractivity contribution in [3.8, 4) is 5.75 Å². The van der Waals surface area contributed by atoms with E-state index in [4.69, 9.17) is 10.6 Å². The highest BCUT2D eigenvalue weighted by molar-refractivity contribution is 5.76. The summed E-state index contributed by atoms with van der Waals surface area (Å²) in [4.78, 5) is 10.7. The Labute approximate surface area is 82.0 Å². The van der Waals surface area contributed by atoms with E-state index in [1.807, 2.05) is 19.3 Å². The summed E-state index contributed by atoms with van der Waals surface area (Å²) in [6.07, 6.45) is 3.29. The van der Waals surface area contributed by atoms with Gasteiger partial charge in [-0.25, -0.2) is 5.84 Å². The van der Waals surface area contributed by atoms with Crippen molar-refractivity contribution in [2.45, 2.75) is 19.9 Å². The van der Waals surface area contributed by atoms with Gasteiger partial charge in [0.25, 0.3) is 5.91 Å². The van der Waals surface area contributed by atoms with E-state index < -0.39 is 0 Å². The molecule has 1 amide bonds. The first-order chi connectivity index (χ1) is 6.63. The van der Waals surface area contributed by atoms with Gasteiger partial charge in [-0.2, -0.15) is 5.10 Å². The molecule has 0 aliphatic heterocycles. The number of hydrogen-bond donors (Lipinski definition) is 2. The lowest BCUT2D eigenvalue weighted by Crippen LogP contribution is -2.34. The van der Waals surface area contributed by atoms with Gasteiger partial charge in [-0.15, -0.1) is 0 Å². The standard InChI is InChI=1S/C8H14N4O2/c1-6(2)12-4-7(3-10-12)14-5-8(13)11-9/h3-4,6H,5,9H2,1-2H3,(H,11,13). The van der Waals surface area contributed by atoms with E-state index in [-0.39, 0.29) is 18.6 Å². The molecule has 0 saturated carbocycles. The number of carbonyl (C=O) groups is 1. The molecule has 6 heteroatoms. The fraction of sp³-hybridized carbons (Fsp3) is 0.500. The zero-order chi connectivity index (χ0) is 10.6. The van der Waals surface area contributed by atoms with Crippen molar-refractivity contribution in [1.82, 2.24) is 15.2 Å². The maximum Gasteiger partial charge on any atom is 0.271 e. The number of rotatable bonds is 4. The largest absolute Gasteiger partial charge is 0.480 e. The van der Waals surface area contributed by atoms with Crippen LogP contribution in [-0.2, 0) is 4.79 Å². The van der Waals surface area contributed by atoms with Crippen LogP contribution in [0, 0.1) is 0 Å². The zero-order valence-electron chi connectivity index (χ0n) is 8.23. The van der Waals surface area contributed by atoms with E-state index in [1.54, 1.807) is 17.1 Å². The van der Waals surface area contributed by atoms with Gasteiger partial charge in [-0.05, 0) is 13.8 Å². The molecule has 0 saturated heterocycles. The van der Waals surface area contributed by atoms with Crippen LogP contribution in [0.3, 0.4) is 0 Å². The Morgan fingerprint density at radius 2 is 2.50 bits per heavy atom. The minimum atomic E-state index is -0.373. The molecular formula is C8H14N4O2. The molecule has 0 spiro atoms. The Morgan fingerprint density at radius 1 is 1.79 bits per heavy atom. The summed E-state index contributed by atoms with van der Waals surface area (Å²) in [5, 5.41) is 4.05. The number of nitrogens with one attached hydrogen (secondary N) is 1. The lowest BCUT2D eigenvalue weighted by Gasteiger charge is -2.03. The van der Waals surface area contributed by atoms with Crippen LogP contribution in [0.5, 0.6) is 5.75 Å². The molecular weight excluding hydrogens is 184 g/mol. The summed E-state index contributed by atoms with van der Waals surface area (Å²) < 4.78 is 6.86. The average Bonchev–Trinajstić information content (AvgIpc) is 2.62. The molecule has 1 rings (SSSR count). The third kappa shape index (κ3) is 2.74. The maximum atomic E-state index is 10.7. The molecule has 0 aliphatic rings. The topological polar surface area (TPSA) is 82.2 Å². The Balaban J connectivity index is 2.48. The first-order valence-corrected chi connectivity index (χ1v) is 4.30. The summed E-state index contributed by atoms with van der Waals surface area (Å²) in [5.41, 5.74) is 1.97. The number of aromatic nitrogens is 2. The van der Waals surface area contributed by atoms with Gasteiger partial charge in [0.1, 0.15) is 0 Å². The highest BCUT2D eigenvalue weighted by Gasteiger charge is 2.04. The van der Waals surface area contributed by atoms with Gasteiger partial charge in [-0.3, -0.25) is 14.9 Å². The molecule has 1 aromatic heterocycles. The Bertz CT molecular complexity index is 308. The zero-order valence-corrected chi connectivity index (χ0v) is 8.23. The lowest BCUT2D eigenvalue weighted by molar-refractivity contribution is -0.123. The van der Waals surface area contributed by atoms with E-state index in [1.165, 1.54) is 0 Å². The Morgan fingerprint density at radius 3 is 3.00 bits per heavy atom. The molecule has 0 bridgehead atoms. The van der Waals surface area contributed by atoms with Gasteiger partial charge in [-0.1, -0.05) is 0 Å². The van der Waals surface area contributed by atoms with Gasteiger partial charge >= 0.3 is 0 Å². The summed E-state index contributed by atoms with van der Waals surface area (Å²) in [5.74, 6) is 5.07. The summed E-state index contributed by atoms with van der Waals surface area (Å²) in [6, 6.07) is 0.274. The van der Waals surface area contributed by atoms with Gasteiger partial charge in [0.05, 0.1) is 12.4 Å². The van der Waals surface area contributed by atoms with Crippen LogP contribution < -0.4 is 16.0 Å². The van der Waals surface area contributed by atoms with Crippen molar-refractivity contribution < 1.29 is 9.53 Å². The highest BCUT2D eigenvalue weighted by Crippen LogP contribution is 2.11. The number of carbonyl (C=O) groups excluding carboxylic acids is 1. The van der Waals surface area contributed by atoms with Crippen LogP contribution in [0.1, 0.15) is 19.9 Å². The number of nitrogens with two attached hydrogens (primary N) is 1. The highest BCUT2D eigenvalue weighted by atomic mass is 16.5. The smallest absolute Gasteiger partial charge is 0.271 e. The molecule has 0 aliphatic carbocycles. The second-order valence-corrected chi connectivity index (χ2v) is 3.11. The number of amides is 1. The van der Waals surface area contributed by atoms with Crippen LogP contribution in [-0.4, -0.2) is 22.3 Å². The number of nitrogens with zero attached hydrogens (tertiary/aromatic N) is 2. The molecule has 78 valence electrons. The molecule has 0 fully saturated rings. The second kappa shape index (κ2) is 4.61. The molecule has 3 N–H and O–H groups in total. The Hall–Kier alpha value is -1.56. The van der Waals surface area contributed by atoms with Crippen LogP contribution in [0.25, 0.3) is 0 Å².